The number of piperidine rings is 1. The molecule has 264 valence electrons. The molecule has 6 rings (SSSR count). The first-order valence-corrected chi connectivity index (χ1v) is 17.6. The minimum Gasteiger partial charge on any atom is -0.488 e. The molecule has 1 aliphatic carbocycles. The van der Waals surface area contributed by atoms with E-state index in [1.54, 1.807) is 48.5 Å². The SMILES string of the molecule is CC.Cc1cccc(C(=O)N=CCOc2ccc(CC(Oc3ccc(C(C)(C)C)cc3)C(=O)O)cc2)c1.c1ccc(CN2CC3CC3C2)cc1. The van der Waals surface area contributed by atoms with E-state index in [0.29, 0.717) is 17.1 Å². The van der Waals surface area contributed by atoms with Crippen molar-refractivity contribution in [1.82, 2.24) is 4.90 Å². The molecule has 0 bridgehead atoms. The quantitative estimate of drug-likeness (QED) is 0.160. The van der Waals surface area contributed by atoms with E-state index < -0.39 is 12.1 Å². The van der Waals surface area contributed by atoms with Crippen LogP contribution in [0.4, 0.5) is 0 Å². The Hall–Kier alpha value is -4.75. The van der Waals surface area contributed by atoms with E-state index in [1.165, 1.54) is 31.3 Å². The average molecular weight is 677 g/mol. The summed E-state index contributed by atoms with van der Waals surface area (Å²) in [5.74, 6) is 1.88. The Morgan fingerprint density at radius 2 is 1.50 bits per heavy atom. The van der Waals surface area contributed by atoms with Crippen molar-refractivity contribution in [2.75, 3.05) is 19.7 Å². The first kappa shape index (κ1) is 38.1. The molecule has 1 N–H and O–H groups in total. The maximum atomic E-state index is 12.1. The zero-order valence-electron chi connectivity index (χ0n) is 30.3. The summed E-state index contributed by atoms with van der Waals surface area (Å²) in [4.78, 5) is 30.4. The number of carbonyl (C=O) groups is 2. The topological polar surface area (TPSA) is 88.4 Å². The van der Waals surface area contributed by atoms with Crippen molar-refractivity contribution in [3.05, 3.63) is 131 Å². The van der Waals surface area contributed by atoms with E-state index in [4.69, 9.17) is 9.47 Å². The number of ether oxygens (including phenoxy) is 2. The molecule has 4 aromatic rings. The number of hydrogen-bond acceptors (Lipinski definition) is 5. The van der Waals surface area contributed by atoms with Crippen LogP contribution < -0.4 is 9.47 Å². The van der Waals surface area contributed by atoms with Crippen molar-refractivity contribution in [3.63, 3.8) is 0 Å². The van der Waals surface area contributed by atoms with Crippen LogP contribution in [0.2, 0.25) is 0 Å². The van der Waals surface area contributed by atoms with Gasteiger partial charge < -0.3 is 14.6 Å². The molecule has 1 amide bonds. The second kappa shape index (κ2) is 18.3. The van der Waals surface area contributed by atoms with Gasteiger partial charge in [-0.1, -0.05) is 107 Å². The summed E-state index contributed by atoms with van der Waals surface area (Å²) in [5.41, 5.74) is 4.96. The number of amides is 1. The normalized spacial score (nSPS) is 17.0. The van der Waals surface area contributed by atoms with Gasteiger partial charge in [0.2, 0.25) is 0 Å². The number of aliphatic imine (C=N–C) groups is 1. The van der Waals surface area contributed by atoms with Gasteiger partial charge in [0.1, 0.15) is 18.1 Å². The Bertz CT molecular complexity index is 1670. The van der Waals surface area contributed by atoms with Crippen LogP contribution in [0, 0.1) is 18.8 Å². The monoisotopic (exact) mass is 676 g/mol. The van der Waals surface area contributed by atoms with Crippen molar-refractivity contribution in [2.24, 2.45) is 16.8 Å². The largest absolute Gasteiger partial charge is 0.488 e. The Kier molecular flexibility index (Phi) is 13.9. The lowest BCUT2D eigenvalue weighted by Crippen LogP contribution is -2.29. The predicted molar refractivity (Wildman–Crippen MR) is 202 cm³/mol. The lowest BCUT2D eigenvalue weighted by atomic mass is 9.87. The van der Waals surface area contributed by atoms with Crippen LogP contribution in [0.5, 0.6) is 11.5 Å². The van der Waals surface area contributed by atoms with Crippen molar-refractivity contribution in [2.45, 2.75) is 72.4 Å². The number of nitrogens with zero attached hydrogens (tertiary/aromatic N) is 2. The molecule has 7 nitrogen and oxygen atoms in total. The van der Waals surface area contributed by atoms with Crippen molar-refractivity contribution < 1.29 is 24.2 Å². The number of aliphatic carboxylic acids is 1. The van der Waals surface area contributed by atoms with Gasteiger partial charge in [0.25, 0.3) is 5.91 Å². The third kappa shape index (κ3) is 12.0. The number of fused-ring (bicyclic) bond motifs is 1. The number of carboxylic acids is 1. The molecular formula is C43H52N2O5. The zero-order chi connectivity index (χ0) is 36.1. The van der Waals surface area contributed by atoms with Crippen molar-refractivity contribution >= 4 is 18.1 Å². The van der Waals surface area contributed by atoms with Crippen LogP contribution in [-0.2, 0) is 23.2 Å². The van der Waals surface area contributed by atoms with Crippen molar-refractivity contribution in [1.29, 1.82) is 0 Å². The molecule has 2 aliphatic rings. The summed E-state index contributed by atoms with van der Waals surface area (Å²) in [7, 11) is 0. The molecule has 0 radical (unpaired) electrons. The lowest BCUT2D eigenvalue weighted by Gasteiger charge is -2.20. The second-order valence-corrected chi connectivity index (χ2v) is 13.8. The number of benzene rings is 4. The zero-order valence-corrected chi connectivity index (χ0v) is 30.3. The molecule has 4 aromatic carbocycles. The van der Waals surface area contributed by atoms with Gasteiger partial charge >= 0.3 is 5.97 Å². The molecule has 7 heteroatoms. The van der Waals surface area contributed by atoms with Gasteiger partial charge in [-0.3, -0.25) is 9.69 Å². The van der Waals surface area contributed by atoms with Crippen LogP contribution in [-0.4, -0.2) is 53.9 Å². The summed E-state index contributed by atoms with van der Waals surface area (Å²) in [5, 5.41) is 9.63. The molecule has 2 fully saturated rings. The third-order valence-corrected chi connectivity index (χ3v) is 8.72. The van der Waals surface area contributed by atoms with E-state index >= 15 is 0 Å². The fourth-order valence-corrected chi connectivity index (χ4v) is 5.89. The molecule has 0 spiro atoms. The Morgan fingerprint density at radius 1 is 0.860 bits per heavy atom. The van der Waals surface area contributed by atoms with Gasteiger partial charge in [-0.05, 0) is 83.7 Å². The fourth-order valence-electron chi connectivity index (χ4n) is 5.89. The average Bonchev–Trinajstić information content (AvgIpc) is 3.73. The predicted octanol–water partition coefficient (Wildman–Crippen LogP) is 8.82. The van der Waals surface area contributed by atoms with Crippen LogP contribution in [0.3, 0.4) is 0 Å². The summed E-state index contributed by atoms with van der Waals surface area (Å²) >= 11 is 0. The maximum Gasteiger partial charge on any atom is 0.345 e. The molecule has 1 aliphatic heterocycles. The van der Waals surface area contributed by atoms with E-state index in [1.807, 2.05) is 45.0 Å². The summed E-state index contributed by atoms with van der Waals surface area (Å²) in [6.45, 7) is 16.3. The number of carbonyl (C=O) groups excluding carboxylic acids is 1. The van der Waals surface area contributed by atoms with E-state index in [-0.39, 0.29) is 24.3 Å². The van der Waals surface area contributed by atoms with E-state index in [0.717, 1.165) is 35.1 Å². The lowest BCUT2D eigenvalue weighted by molar-refractivity contribution is -0.145. The Balaban J connectivity index is 0.000000307. The molecule has 3 unspecified atom stereocenters. The number of hydrogen-bond donors (Lipinski definition) is 1. The summed E-state index contributed by atoms with van der Waals surface area (Å²) in [6.07, 6.45) is 2.13. The smallest absolute Gasteiger partial charge is 0.345 e. The number of likely N-dealkylation sites (tertiary alicyclic amines) is 1. The molecular weight excluding hydrogens is 624 g/mol. The standard InChI is InChI=1S/C29H31NO5.C12H15N.C2H6/c1-20-6-5-7-22(18-20)27(31)30-16-17-34-24-12-8-21(9-13-24)19-26(28(32)33)35-25-14-10-23(11-15-25)29(2,3)4;1-2-4-10(5-3-1)7-13-8-11-6-12(11)9-13;1-2/h5-16,18,26H,17,19H2,1-4H3,(H,32,33);1-5,11-12H,6-9H2;1-2H3. The maximum absolute atomic E-state index is 12.1. The number of aryl methyl sites for hydroxylation is 1. The minimum atomic E-state index is -1.03. The van der Waals surface area contributed by atoms with Gasteiger partial charge in [-0.25, -0.2) is 9.79 Å². The highest BCUT2D eigenvalue weighted by molar-refractivity contribution is 5.99. The molecule has 3 atom stereocenters. The Morgan fingerprint density at radius 3 is 2.10 bits per heavy atom. The Labute approximate surface area is 298 Å². The second-order valence-electron chi connectivity index (χ2n) is 13.8. The number of carboxylic acid groups (broad SMARTS) is 1. The van der Waals surface area contributed by atoms with E-state index in [9.17, 15) is 14.7 Å². The van der Waals surface area contributed by atoms with Crippen LogP contribution >= 0.6 is 0 Å². The van der Waals surface area contributed by atoms with Crippen LogP contribution in [0.15, 0.2) is 108 Å². The van der Waals surface area contributed by atoms with Gasteiger partial charge in [0.05, 0.1) is 0 Å². The highest BCUT2D eigenvalue weighted by Gasteiger charge is 2.44. The first-order chi connectivity index (χ1) is 24.0. The van der Waals surface area contributed by atoms with Gasteiger partial charge in [-0.2, -0.15) is 0 Å². The third-order valence-electron chi connectivity index (χ3n) is 8.72. The summed E-state index contributed by atoms with van der Waals surface area (Å²) < 4.78 is 11.4. The molecule has 0 aromatic heterocycles. The molecule has 50 heavy (non-hydrogen) atoms. The molecule has 1 saturated carbocycles. The molecule has 1 saturated heterocycles. The molecule has 1 heterocycles. The summed E-state index contributed by atoms with van der Waals surface area (Å²) in [6, 6.07) is 32.7. The number of rotatable bonds is 11. The highest BCUT2D eigenvalue weighted by Crippen LogP contribution is 2.45. The first-order valence-electron chi connectivity index (χ1n) is 17.6. The van der Waals surface area contributed by atoms with Crippen molar-refractivity contribution in [3.8, 4) is 11.5 Å². The van der Waals surface area contributed by atoms with Crippen LogP contribution in [0.1, 0.15) is 73.7 Å². The minimum absolute atomic E-state index is 0.0109. The van der Waals surface area contributed by atoms with Gasteiger partial charge in [0, 0.05) is 37.8 Å². The highest BCUT2D eigenvalue weighted by atomic mass is 16.5. The van der Waals surface area contributed by atoms with Gasteiger partial charge in [0.15, 0.2) is 6.10 Å². The van der Waals surface area contributed by atoms with Crippen LogP contribution in [0.25, 0.3) is 0 Å². The van der Waals surface area contributed by atoms with Gasteiger partial charge in [-0.15, -0.1) is 0 Å². The fraction of sp³-hybridized carbons (Fsp3) is 0.372. The van der Waals surface area contributed by atoms with E-state index in [2.05, 4.69) is 61.0 Å².